The minimum absolute atomic E-state index is 0.101. The van der Waals surface area contributed by atoms with E-state index in [1.54, 1.807) is 18.2 Å². The van der Waals surface area contributed by atoms with E-state index < -0.39 is 5.91 Å². The lowest BCUT2D eigenvalue weighted by Crippen LogP contribution is -2.28. The molecule has 2 aromatic rings. The summed E-state index contributed by atoms with van der Waals surface area (Å²) in [6.07, 6.45) is 2.98. The van der Waals surface area contributed by atoms with Crippen molar-refractivity contribution in [2.45, 2.75) is 39.2 Å². The number of carbonyl (C=O) groups excluding carboxylic acids is 2. The molecule has 25 heavy (non-hydrogen) atoms. The van der Waals surface area contributed by atoms with E-state index in [1.807, 2.05) is 6.07 Å². The fraction of sp³-hybridized carbons (Fsp3) is 0.412. The third-order valence-corrected chi connectivity index (χ3v) is 3.52. The molecule has 0 saturated heterocycles. The maximum atomic E-state index is 12.2. The van der Waals surface area contributed by atoms with Gasteiger partial charge in [0.05, 0.1) is 12.1 Å². The van der Waals surface area contributed by atoms with E-state index in [-0.39, 0.29) is 18.9 Å². The zero-order valence-corrected chi connectivity index (χ0v) is 14.2. The van der Waals surface area contributed by atoms with Crippen molar-refractivity contribution in [3.63, 3.8) is 0 Å². The summed E-state index contributed by atoms with van der Waals surface area (Å²) in [6, 6.07) is 7.08. The quantitative estimate of drug-likeness (QED) is 0.601. The van der Waals surface area contributed by atoms with E-state index >= 15 is 0 Å². The standard InChI is InChI=1S/C17H23N5O3/c1-2-3-8-15-21-16(25-22-15)11-20-13-7-5-4-6-12(13)17(24)19-10-9-14(18)23/h4-7,20H,2-3,8-11H2,1H3,(H2,18,23)(H,19,24). The minimum atomic E-state index is -0.456. The lowest BCUT2D eigenvalue weighted by molar-refractivity contribution is -0.117. The molecule has 0 fully saturated rings. The molecule has 1 aromatic heterocycles. The number of hydrogen-bond acceptors (Lipinski definition) is 6. The molecular formula is C17H23N5O3. The Labute approximate surface area is 146 Å². The summed E-state index contributed by atoms with van der Waals surface area (Å²) in [7, 11) is 0. The summed E-state index contributed by atoms with van der Waals surface area (Å²) in [6.45, 7) is 2.63. The lowest BCUT2D eigenvalue weighted by Gasteiger charge is -2.10. The molecule has 1 heterocycles. The van der Waals surface area contributed by atoms with E-state index in [1.165, 1.54) is 0 Å². The average molecular weight is 345 g/mol. The van der Waals surface area contributed by atoms with Crippen molar-refractivity contribution < 1.29 is 14.1 Å². The summed E-state index contributed by atoms with van der Waals surface area (Å²) in [4.78, 5) is 27.3. The first-order chi connectivity index (χ1) is 12.1. The minimum Gasteiger partial charge on any atom is -0.375 e. The molecule has 0 aliphatic heterocycles. The Kier molecular flexibility index (Phi) is 6.94. The highest BCUT2D eigenvalue weighted by atomic mass is 16.5. The van der Waals surface area contributed by atoms with Crippen LogP contribution in [0.4, 0.5) is 5.69 Å². The zero-order chi connectivity index (χ0) is 18.1. The zero-order valence-electron chi connectivity index (χ0n) is 14.2. The molecule has 0 radical (unpaired) electrons. The number of aryl methyl sites for hydroxylation is 1. The predicted molar refractivity (Wildman–Crippen MR) is 92.8 cm³/mol. The molecule has 134 valence electrons. The fourth-order valence-corrected chi connectivity index (χ4v) is 2.20. The van der Waals surface area contributed by atoms with Crippen molar-refractivity contribution in [2.24, 2.45) is 5.73 Å². The number of benzene rings is 1. The molecule has 0 atom stereocenters. The maximum Gasteiger partial charge on any atom is 0.253 e. The van der Waals surface area contributed by atoms with Crippen LogP contribution in [0.1, 0.15) is 48.3 Å². The van der Waals surface area contributed by atoms with E-state index in [4.69, 9.17) is 10.3 Å². The smallest absolute Gasteiger partial charge is 0.253 e. The van der Waals surface area contributed by atoms with E-state index in [0.717, 1.165) is 19.3 Å². The molecule has 0 saturated carbocycles. The summed E-state index contributed by atoms with van der Waals surface area (Å²) in [5.41, 5.74) is 6.18. The first-order valence-electron chi connectivity index (χ1n) is 8.31. The molecule has 4 N–H and O–H groups in total. The van der Waals surface area contributed by atoms with Crippen molar-refractivity contribution in [1.29, 1.82) is 0 Å². The summed E-state index contributed by atoms with van der Waals surface area (Å²) >= 11 is 0. The fourth-order valence-electron chi connectivity index (χ4n) is 2.20. The number of nitrogens with two attached hydrogens (primary N) is 1. The van der Waals surface area contributed by atoms with Gasteiger partial charge < -0.3 is 20.9 Å². The summed E-state index contributed by atoms with van der Waals surface area (Å²) in [5.74, 6) is 0.423. The van der Waals surface area contributed by atoms with Gasteiger partial charge in [-0.3, -0.25) is 9.59 Å². The van der Waals surface area contributed by atoms with Gasteiger partial charge in [0.1, 0.15) is 0 Å². The SMILES string of the molecule is CCCCc1noc(CNc2ccccc2C(=O)NCCC(N)=O)n1. The topological polar surface area (TPSA) is 123 Å². The molecule has 1 aromatic carbocycles. The van der Waals surface area contributed by atoms with Gasteiger partial charge in [-0.1, -0.05) is 30.6 Å². The number of unbranched alkanes of at least 4 members (excludes halogenated alkanes) is 1. The Balaban J connectivity index is 1.94. The van der Waals surface area contributed by atoms with Crippen LogP contribution in [0.3, 0.4) is 0 Å². The van der Waals surface area contributed by atoms with Gasteiger partial charge in [-0.05, 0) is 18.6 Å². The number of para-hydroxylation sites is 1. The van der Waals surface area contributed by atoms with Crippen molar-refractivity contribution in [1.82, 2.24) is 15.5 Å². The number of nitrogens with one attached hydrogen (secondary N) is 2. The van der Waals surface area contributed by atoms with Crippen LogP contribution in [0.2, 0.25) is 0 Å². The van der Waals surface area contributed by atoms with Gasteiger partial charge in [0.25, 0.3) is 5.91 Å². The molecule has 0 aliphatic carbocycles. The molecule has 2 rings (SSSR count). The number of primary amides is 1. The van der Waals surface area contributed by atoms with Gasteiger partial charge in [0.15, 0.2) is 5.82 Å². The number of hydrogen-bond donors (Lipinski definition) is 3. The second-order valence-corrected chi connectivity index (χ2v) is 5.58. The number of rotatable bonds is 10. The molecule has 0 unspecified atom stereocenters. The second-order valence-electron chi connectivity index (χ2n) is 5.58. The molecule has 8 nitrogen and oxygen atoms in total. The van der Waals surface area contributed by atoms with E-state index in [2.05, 4.69) is 27.7 Å². The molecule has 0 spiro atoms. The summed E-state index contributed by atoms with van der Waals surface area (Å²) in [5, 5.41) is 9.73. The first kappa shape index (κ1) is 18.4. The molecule has 8 heteroatoms. The molecule has 0 bridgehead atoms. The van der Waals surface area contributed by atoms with Gasteiger partial charge in [0.2, 0.25) is 11.8 Å². The highest BCUT2D eigenvalue weighted by molar-refractivity contribution is 5.99. The van der Waals surface area contributed by atoms with Crippen molar-refractivity contribution in [2.75, 3.05) is 11.9 Å². The van der Waals surface area contributed by atoms with Crippen LogP contribution in [0.15, 0.2) is 28.8 Å². The Morgan fingerprint density at radius 3 is 2.84 bits per heavy atom. The van der Waals surface area contributed by atoms with Crippen LogP contribution in [0.5, 0.6) is 0 Å². The van der Waals surface area contributed by atoms with Gasteiger partial charge >= 0.3 is 0 Å². The Hall–Kier alpha value is -2.90. The van der Waals surface area contributed by atoms with Crippen molar-refractivity contribution in [3.8, 4) is 0 Å². The van der Waals surface area contributed by atoms with Crippen LogP contribution in [0.25, 0.3) is 0 Å². The number of nitrogens with zero attached hydrogens (tertiary/aromatic N) is 2. The number of aromatic nitrogens is 2. The molecular weight excluding hydrogens is 322 g/mol. The average Bonchev–Trinajstić information content (AvgIpc) is 3.06. The number of carbonyl (C=O) groups is 2. The van der Waals surface area contributed by atoms with E-state index in [0.29, 0.717) is 29.5 Å². The van der Waals surface area contributed by atoms with Gasteiger partial charge in [0, 0.05) is 25.1 Å². The van der Waals surface area contributed by atoms with Crippen LogP contribution in [-0.4, -0.2) is 28.5 Å². The summed E-state index contributed by atoms with van der Waals surface area (Å²) < 4.78 is 5.20. The monoisotopic (exact) mass is 345 g/mol. The van der Waals surface area contributed by atoms with Crippen LogP contribution in [-0.2, 0) is 17.8 Å². The predicted octanol–water partition coefficient (Wildman–Crippen LogP) is 1.63. The second kappa shape index (κ2) is 9.41. The third kappa shape index (κ3) is 5.91. The van der Waals surface area contributed by atoms with Crippen LogP contribution in [0, 0.1) is 0 Å². The first-order valence-corrected chi connectivity index (χ1v) is 8.31. The molecule has 2 amide bonds. The Bertz CT molecular complexity index is 714. The number of anilines is 1. The van der Waals surface area contributed by atoms with Gasteiger partial charge in [-0.25, -0.2) is 0 Å². The highest BCUT2D eigenvalue weighted by Crippen LogP contribution is 2.16. The van der Waals surface area contributed by atoms with Crippen LogP contribution >= 0.6 is 0 Å². The molecule has 0 aliphatic rings. The Morgan fingerprint density at radius 2 is 2.08 bits per heavy atom. The van der Waals surface area contributed by atoms with Gasteiger partial charge in [-0.15, -0.1) is 0 Å². The highest BCUT2D eigenvalue weighted by Gasteiger charge is 2.12. The normalized spacial score (nSPS) is 10.4. The van der Waals surface area contributed by atoms with E-state index in [9.17, 15) is 9.59 Å². The lowest BCUT2D eigenvalue weighted by atomic mass is 10.1. The number of amides is 2. The van der Waals surface area contributed by atoms with Gasteiger partial charge in [-0.2, -0.15) is 4.98 Å². The van der Waals surface area contributed by atoms with Crippen molar-refractivity contribution in [3.05, 3.63) is 41.5 Å². The maximum absolute atomic E-state index is 12.2. The largest absolute Gasteiger partial charge is 0.375 e. The van der Waals surface area contributed by atoms with Crippen molar-refractivity contribution >= 4 is 17.5 Å². The Morgan fingerprint density at radius 1 is 1.28 bits per heavy atom. The van der Waals surface area contributed by atoms with Crippen LogP contribution < -0.4 is 16.4 Å². The third-order valence-electron chi connectivity index (χ3n) is 3.52.